The molecule has 0 atom stereocenters. The number of hydrogen-bond acceptors (Lipinski definition) is 4. The van der Waals surface area contributed by atoms with Crippen molar-refractivity contribution in [1.29, 1.82) is 0 Å². The van der Waals surface area contributed by atoms with Crippen LogP contribution in [-0.2, 0) is 19.1 Å². The first kappa shape index (κ1) is 14.7. The molecule has 0 saturated carbocycles. The summed E-state index contributed by atoms with van der Waals surface area (Å²) in [5.41, 5.74) is 0. The van der Waals surface area contributed by atoms with Crippen molar-refractivity contribution in [2.75, 3.05) is 13.2 Å². The molecular weight excluding hydrogens is 232 g/mol. The van der Waals surface area contributed by atoms with Gasteiger partial charge in [-0.2, -0.15) is 0 Å². The monoisotopic (exact) mass is 254 g/mol. The van der Waals surface area contributed by atoms with Crippen LogP contribution < -0.4 is 0 Å². The number of cyclic esters (lactones) is 2. The molecule has 0 bridgehead atoms. The van der Waals surface area contributed by atoms with Crippen LogP contribution >= 0.6 is 0 Å². The maximum atomic E-state index is 11.3. The van der Waals surface area contributed by atoms with Crippen molar-refractivity contribution < 1.29 is 19.1 Å². The van der Waals surface area contributed by atoms with Gasteiger partial charge in [0, 0.05) is 0 Å². The van der Waals surface area contributed by atoms with Crippen LogP contribution in [0.5, 0.6) is 0 Å². The highest BCUT2D eigenvalue weighted by Crippen LogP contribution is 2.07. The van der Waals surface area contributed by atoms with Gasteiger partial charge in [-0.1, -0.05) is 37.8 Å². The minimum Gasteiger partial charge on any atom is -0.465 e. The first-order valence-corrected chi connectivity index (χ1v) is 6.75. The second-order valence-electron chi connectivity index (χ2n) is 4.44. The van der Waals surface area contributed by atoms with Gasteiger partial charge in [0.05, 0.1) is 26.1 Å². The third-order valence-corrected chi connectivity index (χ3v) is 2.80. The minimum absolute atomic E-state index is 0.229. The highest BCUT2D eigenvalue weighted by atomic mass is 16.5. The van der Waals surface area contributed by atoms with Crippen LogP contribution in [0.25, 0.3) is 0 Å². The van der Waals surface area contributed by atoms with Crippen LogP contribution in [-0.4, -0.2) is 25.2 Å². The van der Waals surface area contributed by atoms with E-state index >= 15 is 0 Å². The van der Waals surface area contributed by atoms with Crippen molar-refractivity contribution in [2.45, 2.75) is 51.4 Å². The molecule has 0 aromatic carbocycles. The van der Waals surface area contributed by atoms with Crippen LogP contribution in [0.15, 0.2) is 12.2 Å². The summed E-state index contributed by atoms with van der Waals surface area (Å²) in [5, 5.41) is 0. The summed E-state index contributed by atoms with van der Waals surface area (Å²) >= 11 is 0. The zero-order valence-corrected chi connectivity index (χ0v) is 10.9. The van der Waals surface area contributed by atoms with Crippen LogP contribution in [0.3, 0.4) is 0 Å². The molecule has 4 nitrogen and oxygen atoms in total. The number of ether oxygens (including phenoxy) is 2. The maximum absolute atomic E-state index is 11.3. The fourth-order valence-electron chi connectivity index (χ4n) is 1.76. The Balaban J connectivity index is 2.31. The van der Waals surface area contributed by atoms with Gasteiger partial charge in [-0.15, -0.1) is 0 Å². The number of rotatable bonds is 0. The molecule has 0 spiro atoms. The van der Waals surface area contributed by atoms with Crippen molar-refractivity contribution in [1.82, 2.24) is 0 Å². The van der Waals surface area contributed by atoms with Gasteiger partial charge in [-0.05, 0) is 12.8 Å². The molecule has 0 aromatic rings. The van der Waals surface area contributed by atoms with Gasteiger partial charge in [-0.25, -0.2) is 0 Å². The molecule has 102 valence electrons. The van der Waals surface area contributed by atoms with Crippen LogP contribution in [0, 0.1) is 0 Å². The van der Waals surface area contributed by atoms with Gasteiger partial charge in [-0.3, -0.25) is 9.59 Å². The largest absolute Gasteiger partial charge is 0.465 e. The Morgan fingerprint density at radius 3 is 1.50 bits per heavy atom. The van der Waals surface area contributed by atoms with Crippen molar-refractivity contribution in [3.8, 4) is 0 Å². The van der Waals surface area contributed by atoms with E-state index in [-0.39, 0.29) is 24.8 Å². The predicted molar refractivity (Wildman–Crippen MR) is 68.0 cm³/mol. The first-order chi connectivity index (χ1) is 8.79. The quantitative estimate of drug-likeness (QED) is 0.492. The lowest BCUT2D eigenvalue weighted by Gasteiger charge is -2.05. The molecule has 4 heteroatoms. The summed E-state index contributed by atoms with van der Waals surface area (Å²) in [6, 6.07) is 0. The minimum atomic E-state index is -0.230. The Morgan fingerprint density at radius 2 is 1.06 bits per heavy atom. The fourth-order valence-corrected chi connectivity index (χ4v) is 1.76. The van der Waals surface area contributed by atoms with E-state index in [4.69, 9.17) is 9.47 Å². The van der Waals surface area contributed by atoms with E-state index in [1.54, 1.807) is 12.2 Å². The normalized spacial score (nSPS) is 21.1. The van der Waals surface area contributed by atoms with Crippen LogP contribution in [0.4, 0.5) is 0 Å². The number of esters is 2. The fraction of sp³-hybridized carbons (Fsp3) is 0.714. The molecule has 0 N–H and O–H groups in total. The lowest BCUT2D eigenvalue weighted by atomic mass is 10.1. The SMILES string of the molecule is O=C1CC=CCC(=O)OCCCCCCCCO1. The molecule has 1 rings (SSSR count). The zero-order valence-electron chi connectivity index (χ0n) is 10.9. The molecule has 0 saturated heterocycles. The van der Waals surface area contributed by atoms with E-state index in [1.807, 2.05) is 0 Å². The average Bonchev–Trinajstić information content (AvgIpc) is 2.35. The third-order valence-electron chi connectivity index (χ3n) is 2.80. The zero-order chi connectivity index (χ0) is 13.1. The first-order valence-electron chi connectivity index (χ1n) is 6.75. The topological polar surface area (TPSA) is 52.6 Å². The molecule has 0 fully saturated rings. The van der Waals surface area contributed by atoms with Crippen LogP contribution in [0.2, 0.25) is 0 Å². The summed E-state index contributed by atoms with van der Waals surface area (Å²) in [5.74, 6) is -0.460. The second-order valence-corrected chi connectivity index (χ2v) is 4.44. The van der Waals surface area contributed by atoms with Gasteiger partial charge < -0.3 is 9.47 Å². The molecule has 1 aliphatic rings. The lowest BCUT2D eigenvalue weighted by Crippen LogP contribution is -2.06. The Labute approximate surface area is 108 Å². The summed E-state index contributed by atoms with van der Waals surface area (Å²) in [4.78, 5) is 22.5. The molecule has 0 amide bonds. The molecule has 0 aromatic heterocycles. The van der Waals surface area contributed by atoms with E-state index in [0.717, 1.165) is 38.5 Å². The molecular formula is C14H22O4. The highest BCUT2D eigenvalue weighted by molar-refractivity contribution is 5.73. The van der Waals surface area contributed by atoms with E-state index in [0.29, 0.717) is 13.2 Å². The highest BCUT2D eigenvalue weighted by Gasteiger charge is 2.02. The van der Waals surface area contributed by atoms with Gasteiger partial charge in [0.2, 0.25) is 0 Å². The van der Waals surface area contributed by atoms with Crippen molar-refractivity contribution in [3.05, 3.63) is 12.2 Å². The summed E-state index contributed by atoms with van der Waals surface area (Å²) in [6.07, 6.45) is 10.1. The Hall–Kier alpha value is -1.32. The molecule has 0 aliphatic carbocycles. The van der Waals surface area contributed by atoms with E-state index < -0.39 is 0 Å². The van der Waals surface area contributed by atoms with Gasteiger partial charge >= 0.3 is 11.9 Å². The third kappa shape index (κ3) is 7.87. The summed E-state index contributed by atoms with van der Waals surface area (Å²) < 4.78 is 10.1. The standard InChI is InChI=1S/C14H22O4/c15-13-9-5-6-10-14(16)18-12-8-4-2-1-3-7-11-17-13/h5-6H,1-4,7-12H2. The van der Waals surface area contributed by atoms with E-state index in [9.17, 15) is 9.59 Å². The van der Waals surface area contributed by atoms with E-state index in [2.05, 4.69) is 0 Å². The summed E-state index contributed by atoms with van der Waals surface area (Å²) in [6.45, 7) is 1.02. The smallest absolute Gasteiger partial charge is 0.309 e. The average molecular weight is 254 g/mol. The van der Waals surface area contributed by atoms with Gasteiger partial charge in [0.25, 0.3) is 0 Å². The molecule has 0 unspecified atom stereocenters. The molecule has 18 heavy (non-hydrogen) atoms. The molecule has 1 aliphatic heterocycles. The van der Waals surface area contributed by atoms with Crippen molar-refractivity contribution in [2.24, 2.45) is 0 Å². The summed E-state index contributed by atoms with van der Waals surface area (Å²) in [7, 11) is 0. The van der Waals surface area contributed by atoms with Crippen molar-refractivity contribution >= 4 is 11.9 Å². The molecule has 0 radical (unpaired) electrons. The van der Waals surface area contributed by atoms with Gasteiger partial charge in [0.1, 0.15) is 0 Å². The van der Waals surface area contributed by atoms with Gasteiger partial charge in [0.15, 0.2) is 0 Å². The number of hydrogen-bond donors (Lipinski definition) is 0. The van der Waals surface area contributed by atoms with Crippen molar-refractivity contribution in [3.63, 3.8) is 0 Å². The number of carbonyl (C=O) groups excluding carboxylic acids is 2. The second kappa shape index (κ2) is 9.68. The Bertz CT molecular complexity index is 256. The Kier molecular flexibility index (Phi) is 7.93. The Morgan fingerprint density at radius 1 is 0.667 bits per heavy atom. The molecule has 1 heterocycles. The number of carbonyl (C=O) groups is 2. The van der Waals surface area contributed by atoms with E-state index in [1.165, 1.54) is 0 Å². The predicted octanol–water partition coefficient (Wildman–Crippen LogP) is 2.76. The maximum Gasteiger partial charge on any atom is 0.309 e. The lowest BCUT2D eigenvalue weighted by molar-refractivity contribution is -0.144. The van der Waals surface area contributed by atoms with Crippen LogP contribution in [0.1, 0.15) is 51.4 Å².